The Labute approximate surface area is 361 Å². The van der Waals surface area contributed by atoms with Gasteiger partial charge in [0.2, 0.25) is 5.88 Å². The lowest BCUT2D eigenvalue weighted by Gasteiger charge is -2.43. The van der Waals surface area contributed by atoms with Crippen molar-refractivity contribution >= 4 is 68.4 Å². The Balaban J connectivity index is 1.42. The van der Waals surface area contributed by atoms with E-state index in [1.165, 1.54) is 89.9 Å². The lowest BCUT2D eigenvalue weighted by Crippen LogP contribution is -2.61. The molecule has 0 N–H and O–H groups in total. The molecule has 1 aliphatic carbocycles. The average molecular weight is 795 g/mol. The molecule has 3 nitrogen and oxygen atoms in total. The predicted octanol–water partition coefficient (Wildman–Crippen LogP) is 14.2. The van der Waals surface area contributed by atoms with Gasteiger partial charge in [-0.05, 0) is 157 Å². The van der Waals surface area contributed by atoms with Crippen molar-refractivity contribution < 1.29 is 4.42 Å². The van der Waals surface area contributed by atoms with Crippen molar-refractivity contribution in [1.29, 1.82) is 0 Å². The summed E-state index contributed by atoms with van der Waals surface area (Å²) in [5, 5.41) is 1.24. The van der Waals surface area contributed by atoms with Crippen LogP contribution in [0.25, 0.3) is 11.0 Å². The zero-order valence-electron chi connectivity index (χ0n) is 39.5. The molecule has 2 aliphatic heterocycles. The van der Waals surface area contributed by atoms with Crippen molar-refractivity contribution in [2.45, 2.75) is 157 Å². The summed E-state index contributed by atoms with van der Waals surface area (Å²) in [6.45, 7) is 37.6. The van der Waals surface area contributed by atoms with E-state index in [4.69, 9.17) is 4.42 Å². The normalized spacial score (nSPS) is 16.9. The number of hydrogen-bond donors (Lipinski definition) is 0. The molecule has 0 atom stereocenters. The second kappa shape index (κ2) is 13.2. The van der Waals surface area contributed by atoms with E-state index in [0.29, 0.717) is 5.92 Å². The Hall–Kier alpha value is -4.70. The van der Waals surface area contributed by atoms with Gasteiger partial charge >= 0.3 is 0 Å². The van der Waals surface area contributed by atoms with Gasteiger partial charge in [-0.2, -0.15) is 0 Å². The minimum Gasteiger partial charge on any atom is -0.440 e. The molecular weight excluding hydrogens is 727 g/mol. The van der Waals surface area contributed by atoms with Gasteiger partial charge < -0.3 is 9.32 Å². The molecule has 310 valence electrons. The van der Waals surface area contributed by atoms with Gasteiger partial charge in [-0.25, -0.2) is 0 Å². The number of anilines is 6. The van der Waals surface area contributed by atoms with E-state index in [1.54, 1.807) is 0 Å². The van der Waals surface area contributed by atoms with E-state index in [0.717, 1.165) is 23.6 Å². The summed E-state index contributed by atoms with van der Waals surface area (Å²) in [4.78, 5) is 5.08. The third-order valence-corrected chi connectivity index (χ3v) is 14.4. The van der Waals surface area contributed by atoms with E-state index >= 15 is 0 Å². The monoisotopic (exact) mass is 795 g/mol. The summed E-state index contributed by atoms with van der Waals surface area (Å²) in [5.74, 6) is 1.33. The number of furan rings is 1. The van der Waals surface area contributed by atoms with Gasteiger partial charge in [-0.3, -0.25) is 4.90 Å². The Morgan fingerprint density at radius 1 is 0.567 bits per heavy atom. The van der Waals surface area contributed by atoms with E-state index in [1.807, 2.05) is 0 Å². The fourth-order valence-electron chi connectivity index (χ4n) is 10.3. The SMILES string of the molecule is Cc1cc2c3c(c1)N(c1ccc(C(C)(C)C)cc1)c1oc4cc5c(cc4c1B3c1ccc(C(C)C)cc1N2c1cc(C(C)(C)C)cc(C(C)(C)C)c1)C(C)(C)CCC5(C)C. The first-order valence-electron chi connectivity index (χ1n) is 22.6. The van der Waals surface area contributed by atoms with Crippen molar-refractivity contribution in [2.75, 3.05) is 9.80 Å². The fourth-order valence-corrected chi connectivity index (χ4v) is 10.3. The molecule has 0 saturated carbocycles. The maximum absolute atomic E-state index is 7.38. The first kappa shape index (κ1) is 40.7. The molecule has 0 saturated heterocycles. The van der Waals surface area contributed by atoms with Crippen LogP contribution in [0.3, 0.4) is 0 Å². The molecule has 1 aromatic heterocycles. The maximum Gasteiger partial charge on any atom is 0.257 e. The van der Waals surface area contributed by atoms with Gasteiger partial charge in [0.1, 0.15) is 5.58 Å². The van der Waals surface area contributed by atoms with Crippen LogP contribution in [-0.2, 0) is 27.1 Å². The van der Waals surface area contributed by atoms with E-state index < -0.39 is 0 Å². The topological polar surface area (TPSA) is 19.6 Å². The van der Waals surface area contributed by atoms with E-state index in [9.17, 15) is 0 Å². The highest BCUT2D eigenvalue weighted by Gasteiger charge is 2.48. The van der Waals surface area contributed by atoms with Gasteiger partial charge in [0.15, 0.2) is 0 Å². The summed E-state index contributed by atoms with van der Waals surface area (Å²) >= 11 is 0. The molecule has 0 bridgehead atoms. The van der Waals surface area contributed by atoms with Gasteiger partial charge in [-0.15, -0.1) is 0 Å². The minimum atomic E-state index is -0.0227. The highest BCUT2D eigenvalue weighted by Crippen LogP contribution is 2.51. The predicted molar refractivity (Wildman–Crippen MR) is 260 cm³/mol. The first-order valence-corrected chi connectivity index (χ1v) is 22.6. The maximum atomic E-state index is 7.38. The third kappa shape index (κ3) is 6.37. The number of aryl methyl sites for hydroxylation is 1. The summed E-state index contributed by atoms with van der Waals surface area (Å²) in [6.07, 6.45) is 2.33. The van der Waals surface area contributed by atoms with Crippen molar-refractivity contribution in [2.24, 2.45) is 0 Å². The summed E-state index contributed by atoms with van der Waals surface area (Å²) in [5.41, 5.74) is 20.7. The number of nitrogens with zero attached hydrogens (tertiary/aromatic N) is 2. The van der Waals surface area contributed by atoms with E-state index in [2.05, 4.69) is 206 Å². The number of benzene rings is 5. The summed E-state index contributed by atoms with van der Waals surface area (Å²) in [6, 6.07) is 33.8. The van der Waals surface area contributed by atoms with Crippen LogP contribution < -0.4 is 26.2 Å². The molecule has 3 aliphatic rings. The largest absolute Gasteiger partial charge is 0.440 e. The lowest BCUT2D eigenvalue weighted by molar-refractivity contribution is 0.332. The fraction of sp³-hybridized carbons (Fsp3) is 0.429. The van der Waals surface area contributed by atoms with Crippen molar-refractivity contribution in [1.82, 2.24) is 0 Å². The molecule has 6 aromatic rings. The smallest absolute Gasteiger partial charge is 0.257 e. The van der Waals surface area contributed by atoms with Gasteiger partial charge in [0.05, 0.1) is 0 Å². The van der Waals surface area contributed by atoms with Gasteiger partial charge in [-0.1, -0.05) is 134 Å². The first-order chi connectivity index (χ1) is 27.8. The van der Waals surface area contributed by atoms with Crippen molar-refractivity contribution in [3.63, 3.8) is 0 Å². The lowest BCUT2D eigenvalue weighted by atomic mass is 9.33. The number of fused-ring (bicyclic) bond motifs is 7. The van der Waals surface area contributed by atoms with Gasteiger partial charge in [0.25, 0.3) is 6.71 Å². The third-order valence-electron chi connectivity index (χ3n) is 14.4. The molecule has 0 unspecified atom stereocenters. The van der Waals surface area contributed by atoms with Crippen LogP contribution >= 0.6 is 0 Å². The molecular formula is C56H67BN2O. The molecule has 3 heterocycles. The Bertz CT molecular complexity index is 2670. The molecule has 5 aromatic carbocycles. The molecule has 0 fully saturated rings. The summed E-state index contributed by atoms with van der Waals surface area (Å²) in [7, 11) is 0. The molecule has 0 spiro atoms. The molecule has 0 amide bonds. The zero-order chi connectivity index (χ0) is 43.2. The van der Waals surface area contributed by atoms with E-state index in [-0.39, 0.29) is 33.8 Å². The molecule has 0 radical (unpaired) electrons. The summed E-state index contributed by atoms with van der Waals surface area (Å²) < 4.78 is 7.38. The number of rotatable bonds is 3. The van der Waals surface area contributed by atoms with Crippen LogP contribution in [-0.4, -0.2) is 6.71 Å². The van der Waals surface area contributed by atoms with Gasteiger partial charge in [0, 0.05) is 39.3 Å². The Morgan fingerprint density at radius 3 is 1.67 bits per heavy atom. The second-order valence-corrected chi connectivity index (χ2v) is 23.3. The zero-order valence-corrected chi connectivity index (χ0v) is 39.5. The van der Waals surface area contributed by atoms with Crippen LogP contribution in [0.4, 0.5) is 34.3 Å². The van der Waals surface area contributed by atoms with Crippen molar-refractivity contribution in [3.8, 4) is 0 Å². The highest BCUT2D eigenvalue weighted by atomic mass is 16.4. The molecule has 9 rings (SSSR count). The second-order valence-electron chi connectivity index (χ2n) is 23.3. The number of hydrogen-bond acceptors (Lipinski definition) is 3. The highest BCUT2D eigenvalue weighted by molar-refractivity contribution is 7.01. The van der Waals surface area contributed by atoms with Crippen molar-refractivity contribution in [3.05, 3.63) is 124 Å². The Kier molecular flexibility index (Phi) is 8.92. The molecule has 4 heteroatoms. The van der Waals surface area contributed by atoms with Crippen LogP contribution in [0, 0.1) is 6.92 Å². The van der Waals surface area contributed by atoms with Crippen LogP contribution in [0.5, 0.6) is 0 Å². The standard InChI is InChI=1S/C56H67BN2O/c1-33(2)35-17-22-44-45(27-35)58(40-29-37(53(7,8)9)28-38(30-40)54(10,11)12)46-25-34(3)26-47-50(46)57(44)49-41-31-42-43(56(15,16)24-23-55(42,13)14)32-48(41)60-51(49)59(47)39-20-18-36(19-21-39)52(4,5)6/h17-22,25-33H,23-24H2,1-16H3. The van der Waals surface area contributed by atoms with Crippen LogP contribution in [0.1, 0.15) is 162 Å². The molecule has 60 heavy (non-hydrogen) atoms. The van der Waals surface area contributed by atoms with Crippen LogP contribution in [0.15, 0.2) is 89.3 Å². The Morgan fingerprint density at radius 2 is 1.12 bits per heavy atom. The van der Waals surface area contributed by atoms with Crippen LogP contribution in [0.2, 0.25) is 0 Å². The average Bonchev–Trinajstić information content (AvgIpc) is 3.52. The quantitative estimate of drug-likeness (QED) is 0.166. The minimum absolute atomic E-state index is 0.0185.